The van der Waals surface area contributed by atoms with Crippen LogP contribution in [0.25, 0.3) is 0 Å². The van der Waals surface area contributed by atoms with Gasteiger partial charge >= 0.3 is 12.0 Å². The lowest BCUT2D eigenvalue weighted by molar-refractivity contribution is -0.139. The molecule has 2 aliphatic rings. The van der Waals surface area contributed by atoms with Crippen LogP contribution in [0.4, 0.5) is 15.0 Å². The minimum absolute atomic E-state index is 0.110. The van der Waals surface area contributed by atoms with E-state index in [0.29, 0.717) is 19.6 Å². The summed E-state index contributed by atoms with van der Waals surface area (Å²) in [6, 6.07) is 3.12. The Balaban J connectivity index is 1.50. The number of amides is 2. The van der Waals surface area contributed by atoms with Gasteiger partial charge in [-0.05, 0) is 77.0 Å². The molecule has 0 saturated carbocycles. The van der Waals surface area contributed by atoms with E-state index in [2.05, 4.69) is 22.8 Å². The second kappa shape index (κ2) is 13.7. The lowest BCUT2D eigenvalue weighted by Crippen LogP contribution is -2.61. The number of fused-ring (bicyclic) bond motifs is 1. The number of halogens is 1. The van der Waals surface area contributed by atoms with Crippen molar-refractivity contribution in [2.24, 2.45) is 0 Å². The fraction of sp³-hybridized carbons (Fsp3) is 0.731. The van der Waals surface area contributed by atoms with Crippen molar-refractivity contribution >= 4 is 17.8 Å². The highest BCUT2D eigenvalue weighted by atomic mass is 19.1. The number of methoxy groups -OCH3 is 1. The third kappa shape index (κ3) is 7.77. The van der Waals surface area contributed by atoms with Crippen molar-refractivity contribution < 1.29 is 23.8 Å². The smallest absolute Gasteiger partial charge is 0.326 e. The number of likely N-dealkylation sites (tertiary alicyclic amines) is 1. The highest BCUT2D eigenvalue weighted by Gasteiger charge is 2.37. The Morgan fingerprint density at radius 1 is 1.31 bits per heavy atom. The summed E-state index contributed by atoms with van der Waals surface area (Å²) < 4.78 is 18.6. The van der Waals surface area contributed by atoms with Crippen molar-refractivity contribution in [2.75, 3.05) is 45.3 Å². The first-order valence-corrected chi connectivity index (χ1v) is 13.2. The quantitative estimate of drug-likeness (QED) is 0.332. The maximum absolute atomic E-state index is 13.4. The van der Waals surface area contributed by atoms with E-state index in [1.54, 1.807) is 4.90 Å². The second-order valence-corrected chi connectivity index (χ2v) is 10.1. The molecular weight excluding hydrogens is 465 g/mol. The van der Waals surface area contributed by atoms with E-state index in [0.717, 1.165) is 56.6 Å². The lowest BCUT2D eigenvalue weighted by Gasteiger charge is -2.45. The summed E-state index contributed by atoms with van der Waals surface area (Å²) in [5.41, 5.74) is 2.32. The number of urea groups is 1. The van der Waals surface area contributed by atoms with E-state index < -0.39 is 24.8 Å². The third-order valence-corrected chi connectivity index (χ3v) is 7.27. The van der Waals surface area contributed by atoms with Crippen LogP contribution in [0.3, 0.4) is 0 Å². The maximum Gasteiger partial charge on any atom is 0.326 e. The Bertz CT molecular complexity index is 861. The monoisotopic (exact) mass is 507 g/mol. The number of carbonyl (C=O) groups is 2. The van der Waals surface area contributed by atoms with E-state index >= 15 is 0 Å². The van der Waals surface area contributed by atoms with Crippen molar-refractivity contribution in [3.8, 4) is 0 Å². The zero-order chi connectivity index (χ0) is 26.1. The number of anilines is 1. The number of carbonyl (C=O) groups excluding carboxylic acids is 1. The van der Waals surface area contributed by atoms with E-state index in [4.69, 9.17) is 9.72 Å². The van der Waals surface area contributed by atoms with Crippen LogP contribution in [0.1, 0.15) is 57.2 Å². The average molecular weight is 508 g/mol. The van der Waals surface area contributed by atoms with Gasteiger partial charge in [-0.25, -0.2) is 19.0 Å². The molecule has 3 heterocycles. The van der Waals surface area contributed by atoms with Crippen LogP contribution >= 0.6 is 0 Å². The molecule has 9 nitrogen and oxygen atoms in total. The summed E-state index contributed by atoms with van der Waals surface area (Å²) in [5, 5.41) is 15.7. The number of aryl methyl sites for hydroxylation is 2. The Hall–Kier alpha value is -2.46. The Morgan fingerprint density at radius 3 is 2.75 bits per heavy atom. The van der Waals surface area contributed by atoms with Gasteiger partial charge in [0, 0.05) is 44.5 Å². The summed E-state index contributed by atoms with van der Waals surface area (Å²) in [6.45, 7) is 5.73. The third-order valence-electron chi connectivity index (χ3n) is 7.27. The normalized spacial score (nSPS) is 20.8. The number of hydrogen-bond acceptors (Lipinski definition) is 6. The molecule has 4 atom stereocenters. The van der Waals surface area contributed by atoms with E-state index in [9.17, 15) is 19.1 Å². The fourth-order valence-corrected chi connectivity index (χ4v) is 5.13. The van der Waals surface area contributed by atoms with Crippen LogP contribution in [-0.2, 0) is 22.4 Å². The molecule has 10 heteroatoms. The number of nitrogens with one attached hydrogen (secondary N) is 2. The van der Waals surface area contributed by atoms with Crippen LogP contribution in [0.15, 0.2) is 12.1 Å². The Morgan fingerprint density at radius 2 is 2.08 bits per heavy atom. The molecule has 0 bridgehead atoms. The number of rotatable bonds is 14. The summed E-state index contributed by atoms with van der Waals surface area (Å²) in [7, 11) is 1.48. The Kier molecular flexibility index (Phi) is 10.7. The number of nitrogens with zero attached hydrogens (tertiary/aromatic N) is 3. The zero-order valence-electron chi connectivity index (χ0n) is 21.8. The van der Waals surface area contributed by atoms with Gasteiger partial charge in [-0.15, -0.1) is 0 Å². The van der Waals surface area contributed by atoms with Crippen molar-refractivity contribution in [3.05, 3.63) is 23.4 Å². The van der Waals surface area contributed by atoms with E-state index in [1.165, 1.54) is 12.7 Å². The highest BCUT2D eigenvalue weighted by Crippen LogP contribution is 2.25. The summed E-state index contributed by atoms with van der Waals surface area (Å²) in [4.78, 5) is 32.9. The molecule has 202 valence electrons. The number of aromatic nitrogens is 1. The molecule has 1 saturated heterocycles. The maximum atomic E-state index is 13.4. The van der Waals surface area contributed by atoms with Crippen molar-refractivity contribution in [1.29, 1.82) is 0 Å². The minimum atomic E-state index is -1.06. The molecule has 0 radical (unpaired) electrons. The number of carboxylic acids is 1. The number of alkyl halides is 1. The second-order valence-electron chi connectivity index (χ2n) is 10.1. The molecule has 4 unspecified atom stereocenters. The summed E-state index contributed by atoms with van der Waals surface area (Å²) >= 11 is 0. The number of ether oxygens (including phenoxy) is 1. The lowest BCUT2D eigenvalue weighted by atomic mass is 9.96. The van der Waals surface area contributed by atoms with Gasteiger partial charge in [0.15, 0.2) is 0 Å². The van der Waals surface area contributed by atoms with Crippen LogP contribution in [0.5, 0.6) is 0 Å². The SMILES string of the molecule is COC(CF)CN(CCCCc1ccc2c(n1)NCCC2)CCC(NC(=O)N1C(C)CC1C)C(=O)O. The fourth-order valence-electron chi connectivity index (χ4n) is 5.13. The van der Waals surface area contributed by atoms with Crippen LogP contribution in [0, 0.1) is 0 Å². The number of aliphatic carboxylic acids is 1. The molecule has 0 aromatic carbocycles. The van der Waals surface area contributed by atoms with Gasteiger partial charge in [0.2, 0.25) is 0 Å². The molecule has 1 aromatic heterocycles. The van der Waals surface area contributed by atoms with Gasteiger partial charge in [-0.3, -0.25) is 0 Å². The summed E-state index contributed by atoms with van der Waals surface area (Å²) in [6.07, 6.45) is 5.40. The van der Waals surface area contributed by atoms with Gasteiger partial charge in [-0.1, -0.05) is 6.07 Å². The average Bonchev–Trinajstić information content (AvgIpc) is 2.86. The molecular formula is C26H42FN5O4. The van der Waals surface area contributed by atoms with Gasteiger partial charge in [0.25, 0.3) is 0 Å². The van der Waals surface area contributed by atoms with Crippen molar-refractivity contribution in [2.45, 2.75) is 83.0 Å². The standard InChI is InChI=1S/C26H42FN5O4/c1-18-15-19(2)32(18)26(35)30-23(25(33)34)11-14-31(17-22(16-27)36-3)13-5-4-8-21-10-9-20-7-6-12-28-24(20)29-21/h9-10,18-19,22-23H,4-8,11-17H2,1-3H3,(H,28,29)(H,30,35)(H,33,34). The molecule has 3 rings (SSSR count). The van der Waals surface area contributed by atoms with Gasteiger partial charge in [0.1, 0.15) is 18.5 Å². The van der Waals surface area contributed by atoms with Crippen LogP contribution < -0.4 is 10.6 Å². The van der Waals surface area contributed by atoms with Crippen molar-refractivity contribution in [3.63, 3.8) is 0 Å². The minimum Gasteiger partial charge on any atom is -0.480 e. The number of pyridine rings is 1. The predicted molar refractivity (Wildman–Crippen MR) is 137 cm³/mol. The molecule has 1 aromatic rings. The van der Waals surface area contributed by atoms with Crippen LogP contribution in [0.2, 0.25) is 0 Å². The first-order chi connectivity index (χ1) is 17.3. The molecule has 36 heavy (non-hydrogen) atoms. The predicted octanol–water partition coefficient (Wildman–Crippen LogP) is 3.08. The Labute approximate surface area is 213 Å². The van der Waals surface area contributed by atoms with E-state index in [1.807, 2.05) is 18.7 Å². The van der Waals surface area contributed by atoms with Gasteiger partial charge in [0.05, 0.1) is 6.10 Å². The van der Waals surface area contributed by atoms with Gasteiger partial charge < -0.3 is 30.3 Å². The highest BCUT2D eigenvalue weighted by molar-refractivity contribution is 5.83. The molecule has 1 fully saturated rings. The molecule has 0 spiro atoms. The first kappa shape index (κ1) is 28.1. The molecule has 2 aliphatic heterocycles. The molecule has 0 aliphatic carbocycles. The summed E-state index contributed by atoms with van der Waals surface area (Å²) in [5.74, 6) is -0.0694. The van der Waals surface area contributed by atoms with E-state index in [-0.39, 0.29) is 24.5 Å². The first-order valence-electron chi connectivity index (χ1n) is 13.2. The largest absolute Gasteiger partial charge is 0.480 e. The molecule has 3 N–H and O–H groups in total. The van der Waals surface area contributed by atoms with Crippen molar-refractivity contribution in [1.82, 2.24) is 20.1 Å². The van der Waals surface area contributed by atoms with Gasteiger partial charge in [-0.2, -0.15) is 0 Å². The number of carboxylic acid groups (broad SMARTS) is 1. The number of unbranched alkanes of at least 4 members (excludes halogenated alkanes) is 1. The topological polar surface area (TPSA) is 107 Å². The molecule has 2 amide bonds. The number of hydrogen-bond donors (Lipinski definition) is 3. The zero-order valence-corrected chi connectivity index (χ0v) is 21.8. The van der Waals surface area contributed by atoms with Crippen LogP contribution in [-0.4, -0.2) is 96.1 Å².